The van der Waals surface area contributed by atoms with Crippen LogP contribution in [0.2, 0.25) is 0 Å². The van der Waals surface area contributed by atoms with Gasteiger partial charge < -0.3 is 15.2 Å². The zero-order chi connectivity index (χ0) is 17.9. The summed E-state index contributed by atoms with van der Waals surface area (Å²) in [6.45, 7) is 6.01. The van der Waals surface area contributed by atoms with E-state index >= 15 is 0 Å². The summed E-state index contributed by atoms with van der Waals surface area (Å²) in [4.78, 5) is 11.9. The van der Waals surface area contributed by atoms with E-state index in [1.807, 2.05) is 51.1 Å². The molecule has 0 aliphatic heterocycles. The molecule has 24 heavy (non-hydrogen) atoms. The van der Waals surface area contributed by atoms with Gasteiger partial charge in [0, 0.05) is 11.8 Å². The van der Waals surface area contributed by atoms with Gasteiger partial charge >= 0.3 is 5.97 Å². The topological polar surface area (TPSA) is 61.5 Å². The normalized spacial score (nSPS) is 11.3. The highest BCUT2D eigenvalue weighted by Crippen LogP contribution is 2.34. The fourth-order valence-electron chi connectivity index (χ4n) is 2.72. The molecule has 0 fully saturated rings. The average Bonchev–Trinajstić information content (AvgIpc) is 2.59. The van der Waals surface area contributed by atoms with Crippen LogP contribution >= 0.6 is 0 Å². The Bertz CT molecular complexity index is 763. The molecule has 0 heterocycles. The molecule has 0 amide bonds. The Kier molecular flexibility index (Phi) is 5.29. The van der Waals surface area contributed by atoms with Gasteiger partial charge in [-0.2, -0.15) is 0 Å². The lowest BCUT2D eigenvalue weighted by Crippen LogP contribution is -2.05. The van der Waals surface area contributed by atoms with Crippen molar-refractivity contribution in [2.75, 3.05) is 20.0 Å². The lowest BCUT2D eigenvalue weighted by molar-refractivity contribution is -0.134. The van der Waals surface area contributed by atoms with Crippen LogP contribution in [0.5, 0.6) is 5.75 Å². The van der Waals surface area contributed by atoms with E-state index in [0.29, 0.717) is 5.69 Å². The lowest BCUT2D eigenvalue weighted by atomic mass is 9.87. The fraction of sp³-hybridized carbons (Fsp3) is 0.250. The molecule has 0 aliphatic rings. The Morgan fingerprint density at radius 1 is 1.04 bits per heavy atom. The minimum absolute atomic E-state index is 0.403. The van der Waals surface area contributed by atoms with Crippen molar-refractivity contribution in [3.63, 3.8) is 0 Å². The van der Waals surface area contributed by atoms with Crippen LogP contribution < -0.4 is 10.5 Å². The first kappa shape index (κ1) is 17.6. The van der Waals surface area contributed by atoms with Gasteiger partial charge in [-0.3, -0.25) is 0 Å². The number of carbonyl (C=O) groups excluding carboxylic acids is 1. The van der Waals surface area contributed by atoms with E-state index in [1.165, 1.54) is 13.2 Å². The van der Waals surface area contributed by atoms with Gasteiger partial charge in [-0.1, -0.05) is 12.1 Å². The highest BCUT2D eigenvalue weighted by molar-refractivity contribution is 5.98. The van der Waals surface area contributed by atoms with E-state index < -0.39 is 5.97 Å². The minimum atomic E-state index is -0.403. The number of methoxy groups -OCH3 is 2. The fourth-order valence-corrected chi connectivity index (χ4v) is 2.72. The third kappa shape index (κ3) is 3.43. The van der Waals surface area contributed by atoms with Crippen molar-refractivity contribution < 1.29 is 14.3 Å². The van der Waals surface area contributed by atoms with E-state index in [0.717, 1.165) is 39.1 Å². The molecule has 0 saturated heterocycles. The number of nitrogen functional groups attached to an aromatic ring is 1. The molecule has 0 spiro atoms. The van der Waals surface area contributed by atoms with Gasteiger partial charge in [-0.15, -0.1) is 0 Å². The number of benzene rings is 2. The zero-order valence-electron chi connectivity index (χ0n) is 14.8. The second-order valence-electron chi connectivity index (χ2n) is 5.72. The van der Waals surface area contributed by atoms with E-state index in [4.69, 9.17) is 15.2 Å². The number of aryl methyl sites for hydroxylation is 1. The van der Waals surface area contributed by atoms with Gasteiger partial charge in [-0.25, -0.2) is 4.79 Å². The van der Waals surface area contributed by atoms with E-state index in [2.05, 4.69) is 0 Å². The summed E-state index contributed by atoms with van der Waals surface area (Å²) in [6.07, 6.45) is 1.51. The number of esters is 1. The maximum absolute atomic E-state index is 11.9. The molecular weight excluding hydrogens is 302 g/mol. The molecule has 2 N–H and O–H groups in total. The molecule has 0 saturated carbocycles. The van der Waals surface area contributed by atoms with E-state index in [9.17, 15) is 4.79 Å². The van der Waals surface area contributed by atoms with Crippen molar-refractivity contribution in [3.8, 4) is 5.75 Å². The van der Waals surface area contributed by atoms with Crippen molar-refractivity contribution in [2.45, 2.75) is 20.8 Å². The molecule has 4 nitrogen and oxygen atoms in total. The van der Waals surface area contributed by atoms with Crippen molar-refractivity contribution >= 4 is 17.2 Å². The molecule has 0 aromatic heterocycles. The summed E-state index contributed by atoms with van der Waals surface area (Å²) in [7, 11) is 2.99. The average molecular weight is 325 g/mol. The van der Waals surface area contributed by atoms with Gasteiger partial charge in [-0.05, 0) is 72.4 Å². The van der Waals surface area contributed by atoms with Gasteiger partial charge in [0.2, 0.25) is 0 Å². The number of hydrogen-bond donors (Lipinski definition) is 1. The maximum Gasteiger partial charge on any atom is 0.331 e. The third-order valence-electron chi connectivity index (χ3n) is 4.28. The molecule has 126 valence electrons. The molecule has 0 bridgehead atoms. The summed E-state index contributed by atoms with van der Waals surface area (Å²) in [5.74, 6) is 0.355. The molecule has 2 aromatic carbocycles. The van der Waals surface area contributed by atoms with E-state index in [-0.39, 0.29) is 0 Å². The molecule has 0 radical (unpaired) electrons. The summed E-state index contributed by atoms with van der Waals surface area (Å²) in [6, 6.07) is 9.53. The summed E-state index contributed by atoms with van der Waals surface area (Å²) in [5.41, 5.74) is 12.6. The van der Waals surface area contributed by atoms with Crippen LogP contribution in [0.1, 0.15) is 27.8 Å². The predicted octanol–water partition coefficient (Wildman–Crippen LogP) is 3.81. The zero-order valence-corrected chi connectivity index (χ0v) is 14.8. The van der Waals surface area contributed by atoms with Gasteiger partial charge in [0.05, 0.1) is 14.2 Å². The molecule has 2 aromatic rings. The number of ether oxygens (including phenoxy) is 2. The number of carbonyl (C=O) groups is 1. The van der Waals surface area contributed by atoms with Crippen LogP contribution in [0.25, 0.3) is 5.57 Å². The Labute approximate surface area is 142 Å². The summed E-state index contributed by atoms with van der Waals surface area (Å²) >= 11 is 0. The van der Waals surface area contributed by atoms with Crippen molar-refractivity contribution in [1.29, 1.82) is 0 Å². The van der Waals surface area contributed by atoms with Gasteiger partial charge in [0.15, 0.2) is 0 Å². The number of nitrogens with two attached hydrogens (primary N) is 1. The maximum atomic E-state index is 11.9. The smallest absolute Gasteiger partial charge is 0.331 e. The lowest BCUT2D eigenvalue weighted by Gasteiger charge is -2.18. The standard InChI is InChI=1S/C20H23NO3/c1-12-10-18(21)14(3)20(13(12)2)17(11-19(22)24-5)15-6-8-16(23-4)9-7-15/h6-11H,21H2,1-5H3/b17-11-. The molecule has 0 aliphatic carbocycles. The van der Waals surface area contributed by atoms with Crippen molar-refractivity contribution in [2.24, 2.45) is 0 Å². The first-order valence-electron chi connectivity index (χ1n) is 7.69. The Hall–Kier alpha value is -2.75. The van der Waals surface area contributed by atoms with Crippen LogP contribution in [0.3, 0.4) is 0 Å². The molecule has 0 atom stereocenters. The largest absolute Gasteiger partial charge is 0.497 e. The molecule has 4 heteroatoms. The van der Waals surface area contributed by atoms with Gasteiger partial charge in [0.25, 0.3) is 0 Å². The minimum Gasteiger partial charge on any atom is -0.497 e. The first-order chi connectivity index (χ1) is 11.4. The second kappa shape index (κ2) is 7.21. The quantitative estimate of drug-likeness (QED) is 0.527. The number of rotatable bonds is 4. The predicted molar refractivity (Wildman–Crippen MR) is 97.2 cm³/mol. The first-order valence-corrected chi connectivity index (χ1v) is 7.69. The van der Waals surface area contributed by atoms with Crippen LogP contribution in [-0.2, 0) is 9.53 Å². The van der Waals surface area contributed by atoms with Crippen molar-refractivity contribution in [3.05, 3.63) is 64.2 Å². The van der Waals surface area contributed by atoms with Crippen LogP contribution in [0.4, 0.5) is 5.69 Å². The van der Waals surface area contributed by atoms with Crippen molar-refractivity contribution in [1.82, 2.24) is 0 Å². The third-order valence-corrected chi connectivity index (χ3v) is 4.28. The van der Waals surface area contributed by atoms with Gasteiger partial charge in [0.1, 0.15) is 5.75 Å². The Morgan fingerprint density at radius 2 is 1.67 bits per heavy atom. The Morgan fingerprint density at radius 3 is 2.21 bits per heavy atom. The summed E-state index contributed by atoms with van der Waals surface area (Å²) in [5, 5.41) is 0. The molecular formula is C20H23NO3. The monoisotopic (exact) mass is 325 g/mol. The molecule has 2 rings (SSSR count). The summed E-state index contributed by atoms with van der Waals surface area (Å²) < 4.78 is 10.0. The number of anilines is 1. The second-order valence-corrected chi connectivity index (χ2v) is 5.72. The molecule has 0 unspecified atom stereocenters. The number of hydrogen-bond acceptors (Lipinski definition) is 4. The van der Waals surface area contributed by atoms with Crippen LogP contribution in [-0.4, -0.2) is 20.2 Å². The van der Waals surface area contributed by atoms with Crippen LogP contribution in [0.15, 0.2) is 36.4 Å². The highest BCUT2D eigenvalue weighted by atomic mass is 16.5. The SMILES string of the molecule is COC(=O)/C=C(/c1ccc(OC)cc1)c1c(C)c(C)cc(N)c1C. The highest BCUT2D eigenvalue weighted by Gasteiger charge is 2.16. The Balaban J connectivity index is 2.73. The van der Waals surface area contributed by atoms with Crippen LogP contribution in [0, 0.1) is 20.8 Å². The van der Waals surface area contributed by atoms with E-state index in [1.54, 1.807) is 7.11 Å².